The van der Waals surface area contributed by atoms with E-state index < -0.39 is 11.7 Å². The van der Waals surface area contributed by atoms with Gasteiger partial charge in [-0.05, 0) is 12.1 Å². The third-order valence-electron chi connectivity index (χ3n) is 3.82. The minimum absolute atomic E-state index is 0. The molecule has 4 aromatic rings. The Morgan fingerprint density at radius 2 is 0.828 bits per heavy atom. The predicted molar refractivity (Wildman–Crippen MR) is 121 cm³/mol. The number of rotatable bonds is 4. The molecule has 0 aliphatic heterocycles. The van der Waals surface area contributed by atoms with Gasteiger partial charge in [-0.1, -0.05) is 6.07 Å². The normalized spacial score (nSPS) is 9.83. The number of hydrogen-bond acceptors (Lipinski definition) is 2. The van der Waals surface area contributed by atoms with Crippen LogP contribution >= 0.6 is 18.2 Å². The molecular weight excluding hydrogens is 440 g/mol. The molecule has 0 amide bonds. The van der Waals surface area contributed by atoms with E-state index in [9.17, 15) is 0 Å². The Morgan fingerprint density at radius 1 is 0.517 bits per heavy atom. The van der Waals surface area contributed by atoms with Crippen LogP contribution in [0.5, 0.6) is 0 Å². The SMILES string of the molecule is P[S][Mn+4]([c]1ccccc1)([c]1ccccc1)[c]1ccccc1.[O-2].[O-2].c1ccncc1. The Bertz CT molecular complexity index is 793. The van der Waals surface area contributed by atoms with Crippen LogP contribution in [0, 0.1) is 0 Å². The Labute approximate surface area is 180 Å². The smallest absolute Gasteiger partial charge is 0.0267 e. The molecule has 3 aromatic carbocycles. The van der Waals surface area contributed by atoms with Crippen molar-refractivity contribution in [2.45, 2.75) is 0 Å². The van der Waals surface area contributed by atoms with Gasteiger partial charge in [-0.25, -0.2) is 0 Å². The summed E-state index contributed by atoms with van der Waals surface area (Å²) in [7, 11) is 4.86. The van der Waals surface area contributed by atoms with E-state index >= 15 is 0 Å². The Morgan fingerprint density at radius 3 is 1.03 bits per heavy atom. The first-order valence-electron chi connectivity index (χ1n) is 8.54. The minimum atomic E-state index is -2.04. The van der Waals surface area contributed by atoms with Crippen molar-refractivity contribution in [1.29, 1.82) is 0 Å². The largest absolute Gasteiger partial charge is 2.00 e. The molecule has 1 heterocycles. The first kappa shape index (κ1) is 25.1. The van der Waals surface area contributed by atoms with E-state index in [4.69, 9.17) is 0 Å². The maximum absolute atomic E-state index is 3.78. The number of aromatic nitrogens is 1. The topological polar surface area (TPSA) is 69.9 Å². The van der Waals surface area contributed by atoms with Gasteiger partial charge in [0.25, 0.3) is 0 Å². The number of hydrogen-bond donors (Lipinski definition) is 0. The zero-order valence-electron chi connectivity index (χ0n) is 15.7. The van der Waals surface area contributed by atoms with Crippen molar-refractivity contribution >= 4 is 31.6 Å². The van der Waals surface area contributed by atoms with E-state index in [0.717, 1.165) is 0 Å². The zero-order valence-corrected chi connectivity index (χ0v) is 18.8. The fourth-order valence-electron chi connectivity index (χ4n) is 2.62. The average molecular weight is 462 g/mol. The second-order valence-electron chi connectivity index (χ2n) is 5.52. The van der Waals surface area contributed by atoms with E-state index in [-0.39, 0.29) is 11.0 Å². The van der Waals surface area contributed by atoms with Gasteiger partial charge >= 0.3 is 134 Å². The van der Waals surface area contributed by atoms with Gasteiger partial charge in [0, 0.05) is 12.4 Å². The number of nitrogens with zero attached hydrogens (tertiary/aromatic N) is 1. The van der Waals surface area contributed by atoms with E-state index in [2.05, 4.69) is 104 Å². The Balaban J connectivity index is 0.000000455. The summed E-state index contributed by atoms with van der Waals surface area (Å²) in [5, 5.41) is 0. The van der Waals surface area contributed by atoms with Crippen LogP contribution in [-0.4, -0.2) is 4.98 Å². The molecule has 0 radical (unpaired) electrons. The number of benzene rings is 3. The molecule has 3 nitrogen and oxygen atoms in total. The quantitative estimate of drug-likeness (QED) is 0.333. The molecule has 29 heavy (non-hydrogen) atoms. The molecule has 0 saturated heterocycles. The van der Waals surface area contributed by atoms with Gasteiger partial charge in [0.2, 0.25) is 0 Å². The van der Waals surface area contributed by atoms with Gasteiger partial charge in [0.05, 0.1) is 0 Å². The van der Waals surface area contributed by atoms with Crippen molar-refractivity contribution in [3.8, 4) is 0 Å². The summed E-state index contributed by atoms with van der Waals surface area (Å²) < 4.78 is 4.30. The van der Waals surface area contributed by atoms with Crippen molar-refractivity contribution in [2.24, 2.45) is 0 Å². The van der Waals surface area contributed by atoms with Crippen molar-refractivity contribution < 1.29 is 22.7 Å². The first-order valence-corrected chi connectivity index (χ1v) is 13.9. The summed E-state index contributed by atoms with van der Waals surface area (Å²) in [5.41, 5.74) is 0. The van der Waals surface area contributed by atoms with E-state index in [1.54, 1.807) is 12.4 Å². The summed E-state index contributed by atoms with van der Waals surface area (Å²) in [4.78, 5) is 3.78. The average Bonchev–Trinajstić information content (AvgIpc) is 2.79. The van der Waals surface area contributed by atoms with Gasteiger partial charge in [-0.3, -0.25) is 4.98 Å². The molecule has 0 aliphatic rings. The van der Waals surface area contributed by atoms with E-state index in [1.807, 2.05) is 28.0 Å². The van der Waals surface area contributed by atoms with E-state index in [0.29, 0.717) is 0 Å². The second kappa shape index (κ2) is 13.3. The van der Waals surface area contributed by atoms with Crippen LogP contribution in [0.15, 0.2) is 122 Å². The van der Waals surface area contributed by atoms with Crippen molar-refractivity contribution in [3.05, 3.63) is 122 Å². The fourth-order valence-corrected chi connectivity index (χ4v) is 13.0. The molecule has 1 aromatic heterocycles. The molecule has 0 spiro atoms. The molecule has 6 heteroatoms. The second-order valence-corrected chi connectivity index (χ2v) is 14.3. The van der Waals surface area contributed by atoms with Gasteiger partial charge < -0.3 is 11.0 Å². The zero-order chi connectivity index (χ0) is 18.8. The molecule has 1 unspecified atom stereocenters. The van der Waals surface area contributed by atoms with Crippen molar-refractivity contribution in [2.75, 3.05) is 0 Å². The molecule has 0 saturated carbocycles. The molecular formula is C23H22MnNO2PS. The summed E-state index contributed by atoms with van der Waals surface area (Å²) in [5.74, 6) is 0. The maximum Gasteiger partial charge on any atom is 0.0267 e. The van der Waals surface area contributed by atoms with Crippen molar-refractivity contribution in [1.82, 2.24) is 4.98 Å². The molecule has 0 aliphatic carbocycles. The van der Waals surface area contributed by atoms with Crippen LogP contribution in [0.2, 0.25) is 0 Å². The molecule has 0 N–H and O–H groups in total. The number of pyridine rings is 1. The third-order valence-corrected chi connectivity index (χ3v) is 14.9. The minimum Gasteiger partial charge on any atom is -2.00 e. The van der Waals surface area contributed by atoms with Gasteiger partial charge in [-0.15, -0.1) is 0 Å². The van der Waals surface area contributed by atoms with Crippen LogP contribution in [0.4, 0.5) is 0 Å². The van der Waals surface area contributed by atoms with Crippen LogP contribution in [0.25, 0.3) is 0 Å². The van der Waals surface area contributed by atoms with E-state index in [1.165, 1.54) is 13.4 Å². The maximum atomic E-state index is 3.78. The summed E-state index contributed by atoms with van der Waals surface area (Å²) in [6.45, 7) is 0. The van der Waals surface area contributed by atoms with Gasteiger partial charge in [-0.2, -0.15) is 0 Å². The first-order chi connectivity index (χ1) is 13.4. The molecule has 149 valence electrons. The molecule has 0 bridgehead atoms. The molecule has 4 rings (SSSR count). The summed E-state index contributed by atoms with van der Waals surface area (Å²) in [6, 6.07) is 38.5. The van der Waals surface area contributed by atoms with Gasteiger partial charge in [0.1, 0.15) is 0 Å². The Kier molecular flexibility index (Phi) is 11.5. The standard InChI is InChI=1S/3C6H5.C5H5N.Mn.2O.H2PS/c4*1-2-4-6-5-3-1;;;;1-2/h4*1-5H;;;;1H2/q;;;;+5;2*-2;-1. The monoisotopic (exact) mass is 462 g/mol. The van der Waals surface area contributed by atoms with Crippen molar-refractivity contribution in [3.63, 3.8) is 0 Å². The van der Waals surface area contributed by atoms with Crippen LogP contribution in [0.3, 0.4) is 0 Å². The van der Waals surface area contributed by atoms with Crippen LogP contribution < -0.4 is 13.4 Å². The van der Waals surface area contributed by atoms with Crippen LogP contribution in [-0.2, 0) is 22.7 Å². The summed E-state index contributed by atoms with van der Waals surface area (Å²) in [6.07, 6.45) is 3.50. The molecule has 0 fully saturated rings. The summed E-state index contributed by atoms with van der Waals surface area (Å²) >= 11 is -2.04. The van der Waals surface area contributed by atoms with Crippen LogP contribution in [0.1, 0.15) is 0 Å². The predicted octanol–water partition coefficient (Wildman–Crippen LogP) is 4.40. The van der Waals surface area contributed by atoms with Gasteiger partial charge in [0.15, 0.2) is 0 Å². The molecule has 1 atom stereocenters. The fraction of sp³-hybridized carbons (Fsp3) is 0. The third kappa shape index (κ3) is 6.25. The Hall–Kier alpha value is -1.97.